The lowest BCUT2D eigenvalue weighted by Crippen LogP contribution is -2.17. The molecule has 1 aromatic rings. The van der Waals surface area contributed by atoms with Gasteiger partial charge in [0.25, 0.3) is 0 Å². The lowest BCUT2D eigenvalue weighted by molar-refractivity contribution is -0.0570. The molecule has 92 valence electrons. The van der Waals surface area contributed by atoms with Crippen molar-refractivity contribution in [2.75, 3.05) is 20.3 Å². The molecule has 0 N–H and O–H groups in total. The van der Waals surface area contributed by atoms with Gasteiger partial charge in [-0.25, -0.2) is 0 Å². The molecule has 1 aromatic carbocycles. The molecular weight excluding hydrogens is 220 g/mol. The maximum Gasteiger partial charge on any atom is 0.164 e. The van der Waals surface area contributed by atoms with Crippen LogP contribution in [0.3, 0.4) is 0 Å². The van der Waals surface area contributed by atoms with Gasteiger partial charge in [0.2, 0.25) is 0 Å². The van der Waals surface area contributed by atoms with E-state index >= 15 is 0 Å². The number of rotatable bonds is 4. The topological polar surface area (TPSA) is 44.8 Å². The minimum absolute atomic E-state index is 0.0992. The van der Waals surface area contributed by atoms with Gasteiger partial charge < -0.3 is 14.2 Å². The van der Waals surface area contributed by atoms with Gasteiger partial charge in [-0.15, -0.1) is 0 Å². The third-order valence-corrected chi connectivity index (χ3v) is 2.96. The molecule has 0 bridgehead atoms. The Morgan fingerprint density at radius 3 is 2.71 bits per heavy atom. The van der Waals surface area contributed by atoms with E-state index in [-0.39, 0.29) is 12.2 Å². The Bertz CT molecular complexity index is 396. The van der Waals surface area contributed by atoms with Crippen LogP contribution in [0.5, 0.6) is 5.75 Å². The Kier molecular flexibility index (Phi) is 3.76. The van der Waals surface area contributed by atoms with E-state index in [0.717, 1.165) is 11.8 Å². The highest BCUT2D eigenvalue weighted by Crippen LogP contribution is 2.28. The second kappa shape index (κ2) is 5.29. The van der Waals surface area contributed by atoms with Crippen molar-refractivity contribution in [3.63, 3.8) is 0 Å². The van der Waals surface area contributed by atoms with Gasteiger partial charge in [-0.2, -0.15) is 0 Å². The molecule has 0 saturated carbocycles. The molecule has 1 aliphatic heterocycles. The number of carbonyl (C=O) groups excluding carboxylic acids is 1. The Morgan fingerprint density at radius 1 is 1.41 bits per heavy atom. The van der Waals surface area contributed by atoms with E-state index in [2.05, 4.69) is 0 Å². The van der Waals surface area contributed by atoms with Crippen LogP contribution in [0.4, 0.5) is 0 Å². The summed E-state index contributed by atoms with van der Waals surface area (Å²) in [5.41, 5.74) is 1.56. The van der Waals surface area contributed by atoms with Gasteiger partial charge in [0.05, 0.1) is 25.9 Å². The predicted molar refractivity (Wildman–Crippen MR) is 62.5 cm³/mol. The van der Waals surface area contributed by atoms with Gasteiger partial charge in [-0.3, -0.25) is 4.79 Å². The molecule has 4 nitrogen and oxygen atoms in total. The molecule has 0 aliphatic carbocycles. The van der Waals surface area contributed by atoms with E-state index in [1.165, 1.54) is 0 Å². The number of carbonyl (C=O) groups is 1. The molecule has 1 heterocycles. The van der Waals surface area contributed by atoms with E-state index in [0.29, 0.717) is 24.5 Å². The number of hydrogen-bond acceptors (Lipinski definition) is 4. The summed E-state index contributed by atoms with van der Waals surface area (Å²) in [5, 5.41) is 0. The standard InChI is InChI=1S/C13H16O4/c1-9(13-16-5-6-17-13)10-3-4-12(15-2)11(7-10)8-14/h3-4,7-9,13H,5-6H2,1-2H3. The smallest absolute Gasteiger partial charge is 0.164 e. The lowest BCUT2D eigenvalue weighted by Gasteiger charge is -2.19. The molecule has 2 rings (SSSR count). The van der Waals surface area contributed by atoms with Gasteiger partial charge in [0.1, 0.15) is 5.75 Å². The summed E-state index contributed by atoms with van der Waals surface area (Å²) in [6.45, 7) is 3.28. The summed E-state index contributed by atoms with van der Waals surface area (Å²) in [5.74, 6) is 0.686. The van der Waals surface area contributed by atoms with Gasteiger partial charge in [0.15, 0.2) is 12.6 Å². The van der Waals surface area contributed by atoms with Crippen molar-refractivity contribution >= 4 is 6.29 Å². The van der Waals surface area contributed by atoms with Crippen molar-refractivity contribution < 1.29 is 19.0 Å². The molecule has 0 amide bonds. The lowest BCUT2D eigenvalue weighted by atomic mass is 9.98. The summed E-state index contributed by atoms with van der Waals surface area (Å²) in [7, 11) is 1.55. The Balaban J connectivity index is 2.23. The fraction of sp³-hybridized carbons (Fsp3) is 0.462. The molecule has 17 heavy (non-hydrogen) atoms. The maximum atomic E-state index is 10.9. The normalized spacial score (nSPS) is 18.0. The summed E-state index contributed by atoms with van der Waals surface area (Å²) in [6, 6.07) is 5.55. The highest BCUT2D eigenvalue weighted by atomic mass is 16.7. The van der Waals surface area contributed by atoms with Crippen LogP contribution in [-0.2, 0) is 9.47 Å². The minimum Gasteiger partial charge on any atom is -0.496 e. The Hall–Kier alpha value is -1.39. The number of benzene rings is 1. The molecule has 0 aromatic heterocycles. The molecule has 1 saturated heterocycles. The number of aldehydes is 1. The number of hydrogen-bond donors (Lipinski definition) is 0. The second-order valence-corrected chi connectivity index (χ2v) is 4.02. The van der Waals surface area contributed by atoms with Crippen molar-refractivity contribution in [2.24, 2.45) is 0 Å². The summed E-state index contributed by atoms with van der Waals surface area (Å²) in [6.07, 6.45) is 0.577. The molecule has 1 atom stereocenters. The summed E-state index contributed by atoms with van der Waals surface area (Å²) < 4.78 is 16.0. The first-order chi connectivity index (χ1) is 8.26. The van der Waals surface area contributed by atoms with Gasteiger partial charge in [0, 0.05) is 5.92 Å². The summed E-state index contributed by atoms with van der Waals surface area (Å²) in [4.78, 5) is 10.9. The van der Waals surface area contributed by atoms with E-state index < -0.39 is 0 Å². The van der Waals surface area contributed by atoms with Crippen LogP contribution in [0.15, 0.2) is 18.2 Å². The highest BCUT2D eigenvalue weighted by molar-refractivity contribution is 5.79. The van der Waals surface area contributed by atoms with Crippen molar-refractivity contribution in [3.8, 4) is 5.75 Å². The Morgan fingerprint density at radius 2 is 2.12 bits per heavy atom. The van der Waals surface area contributed by atoms with E-state index in [1.807, 2.05) is 19.1 Å². The zero-order valence-electron chi connectivity index (χ0n) is 10.0. The minimum atomic E-state index is -0.220. The van der Waals surface area contributed by atoms with Crippen molar-refractivity contribution in [1.82, 2.24) is 0 Å². The first kappa shape index (κ1) is 12.1. The molecule has 1 unspecified atom stereocenters. The molecule has 1 fully saturated rings. The largest absolute Gasteiger partial charge is 0.496 e. The first-order valence-electron chi connectivity index (χ1n) is 5.62. The predicted octanol–water partition coefficient (Wildman–Crippen LogP) is 1.98. The molecule has 0 spiro atoms. The van der Waals surface area contributed by atoms with Crippen LogP contribution in [0.25, 0.3) is 0 Å². The average Bonchev–Trinajstić information content (AvgIpc) is 2.90. The van der Waals surface area contributed by atoms with Gasteiger partial charge in [-0.1, -0.05) is 13.0 Å². The third-order valence-electron chi connectivity index (χ3n) is 2.96. The molecule has 4 heteroatoms. The van der Waals surface area contributed by atoms with Crippen LogP contribution in [0.2, 0.25) is 0 Å². The highest BCUT2D eigenvalue weighted by Gasteiger charge is 2.25. The first-order valence-corrected chi connectivity index (χ1v) is 5.62. The summed E-state index contributed by atoms with van der Waals surface area (Å²) >= 11 is 0. The van der Waals surface area contributed by atoms with Crippen molar-refractivity contribution in [1.29, 1.82) is 0 Å². The number of methoxy groups -OCH3 is 1. The molecule has 0 radical (unpaired) electrons. The van der Waals surface area contributed by atoms with Crippen LogP contribution in [0.1, 0.15) is 28.8 Å². The average molecular weight is 236 g/mol. The van der Waals surface area contributed by atoms with Crippen LogP contribution >= 0.6 is 0 Å². The fourth-order valence-corrected chi connectivity index (χ4v) is 1.95. The third kappa shape index (κ3) is 2.48. The SMILES string of the molecule is COc1ccc(C(C)C2OCCO2)cc1C=O. The fourth-order valence-electron chi connectivity index (χ4n) is 1.95. The van der Waals surface area contributed by atoms with Gasteiger partial charge >= 0.3 is 0 Å². The van der Waals surface area contributed by atoms with Crippen molar-refractivity contribution in [3.05, 3.63) is 29.3 Å². The van der Waals surface area contributed by atoms with Crippen LogP contribution in [-0.4, -0.2) is 32.9 Å². The quantitative estimate of drug-likeness (QED) is 0.750. The van der Waals surface area contributed by atoms with E-state index in [1.54, 1.807) is 13.2 Å². The van der Waals surface area contributed by atoms with Crippen molar-refractivity contribution in [2.45, 2.75) is 19.1 Å². The number of ether oxygens (including phenoxy) is 3. The molecular formula is C13H16O4. The van der Waals surface area contributed by atoms with Crippen LogP contribution in [0, 0.1) is 0 Å². The zero-order chi connectivity index (χ0) is 12.3. The second-order valence-electron chi connectivity index (χ2n) is 4.02. The van der Waals surface area contributed by atoms with E-state index in [4.69, 9.17) is 14.2 Å². The Labute approximate surface area is 100 Å². The van der Waals surface area contributed by atoms with Gasteiger partial charge in [-0.05, 0) is 17.7 Å². The molecule has 1 aliphatic rings. The maximum absolute atomic E-state index is 10.9. The van der Waals surface area contributed by atoms with E-state index in [9.17, 15) is 4.79 Å². The monoisotopic (exact) mass is 236 g/mol. The van der Waals surface area contributed by atoms with Crippen LogP contribution < -0.4 is 4.74 Å². The zero-order valence-corrected chi connectivity index (χ0v) is 10.0.